The van der Waals surface area contributed by atoms with Gasteiger partial charge >= 0.3 is 0 Å². The lowest BCUT2D eigenvalue weighted by Crippen LogP contribution is -2.28. The summed E-state index contributed by atoms with van der Waals surface area (Å²) >= 11 is 0. The van der Waals surface area contributed by atoms with Crippen molar-refractivity contribution in [1.29, 1.82) is 0 Å². The van der Waals surface area contributed by atoms with Crippen LogP contribution in [0.5, 0.6) is 0 Å². The fourth-order valence-corrected chi connectivity index (χ4v) is 1.04. The normalized spacial score (nSPS) is 10.8. The van der Waals surface area contributed by atoms with Gasteiger partial charge in [0.1, 0.15) is 6.61 Å². The van der Waals surface area contributed by atoms with Crippen LogP contribution in [0.3, 0.4) is 0 Å². The molecule has 0 aromatic rings. The lowest BCUT2D eigenvalue weighted by molar-refractivity contribution is -0.122. The Morgan fingerprint density at radius 1 is 1.38 bits per heavy atom. The highest BCUT2D eigenvalue weighted by molar-refractivity contribution is 5.75. The van der Waals surface area contributed by atoms with Crippen LogP contribution in [0, 0.1) is 0 Å². The summed E-state index contributed by atoms with van der Waals surface area (Å²) in [4.78, 5) is 11.1. The topological polar surface area (TPSA) is 50.4 Å². The van der Waals surface area contributed by atoms with Crippen molar-refractivity contribution in [1.82, 2.24) is 10.6 Å². The molecule has 96 valence electrons. The highest BCUT2D eigenvalue weighted by Gasteiger charge is 2.04. The second kappa shape index (κ2) is 10.8. The minimum atomic E-state index is -2.47. The third kappa shape index (κ3) is 11.3. The predicted octanol–water partition coefficient (Wildman–Crippen LogP) is 0.774. The van der Waals surface area contributed by atoms with Crippen molar-refractivity contribution in [3.63, 3.8) is 0 Å². The first kappa shape index (κ1) is 15.2. The molecule has 0 unspecified atom stereocenters. The fraction of sp³-hybridized carbons (Fsp3) is 0.900. The van der Waals surface area contributed by atoms with Gasteiger partial charge in [0, 0.05) is 13.0 Å². The van der Waals surface area contributed by atoms with Crippen LogP contribution >= 0.6 is 0 Å². The molecule has 0 saturated carbocycles. The second-order valence-corrected chi connectivity index (χ2v) is 3.27. The number of rotatable bonds is 10. The Kier molecular flexibility index (Phi) is 10.3. The molecule has 0 atom stereocenters. The summed E-state index contributed by atoms with van der Waals surface area (Å²) in [5.74, 6) is -0.161. The van der Waals surface area contributed by atoms with E-state index in [2.05, 4.69) is 15.4 Å². The summed E-state index contributed by atoms with van der Waals surface area (Å²) in [6.07, 6.45) is -1.48. The SMILES string of the molecule is CCNCCCNC(=O)CCOCC(F)F. The van der Waals surface area contributed by atoms with Gasteiger partial charge in [-0.05, 0) is 19.5 Å². The van der Waals surface area contributed by atoms with Crippen molar-refractivity contribution in [2.24, 2.45) is 0 Å². The van der Waals surface area contributed by atoms with E-state index in [1.165, 1.54) is 0 Å². The lowest BCUT2D eigenvalue weighted by Gasteiger charge is -2.06. The summed E-state index contributed by atoms with van der Waals surface area (Å²) in [5, 5.41) is 5.81. The van der Waals surface area contributed by atoms with E-state index in [1.54, 1.807) is 0 Å². The molecule has 0 heterocycles. The zero-order chi connectivity index (χ0) is 12.2. The molecule has 0 rings (SSSR count). The highest BCUT2D eigenvalue weighted by atomic mass is 19.3. The lowest BCUT2D eigenvalue weighted by atomic mass is 10.3. The number of hydrogen-bond donors (Lipinski definition) is 2. The van der Waals surface area contributed by atoms with Crippen LogP contribution in [0.4, 0.5) is 8.78 Å². The zero-order valence-corrected chi connectivity index (χ0v) is 9.60. The number of carbonyl (C=O) groups is 1. The molecule has 0 aliphatic rings. The third-order valence-corrected chi connectivity index (χ3v) is 1.82. The number of alkyl halides is 2. The Hall–Kier alpha value is -0.750. The number of halogens is 2. The first-order valence-electron chi connectivity index (χ1n) is 5.50. The average Bonchev–Trinajstić information content (AvgIpc) is 2.24. The van der Waals surface area contributed by atoms with Crippen molar-refractivity contribution in [2.45, 2.75) is 26.2 Å². The largest absolute Gasteiger partial charge is 0.375 e. The molecule has 0 aliphatic heterocycles. The molecule has 0 aliphatic carbocycles. The maximum atomic E-state index is 11.6. The quantitative estimate of drug-likeness (QED) is 0.553. The van der Waals surface area contributed by atoms with E-state index < -0.39 is 13.0 Å². The molecule has 0 aromatic heterocycles. The first-order valence-corrected chi connectivity index (χ1v) is 5.50. The number of hydrogen-bond acceptors (Lipinski definition) is 3. The van der Waals surface area contributed by atoms with Crippen LogP contribution in [-0.2, 0) is 9.53 Å². The van der Waals surface area contributed by atoms with Gasteiger partial charge in [-0.25, -0.2) is 8.78 Å². The predicted molar refractivity (Wildman–Crippen MR) is 57.6 cm³/mol. The molecule has 0 saturated heterocycles. The van der Waals surface area contributed by atoms with Crippen molar-refractivity contribution >= 4 is 5.91 Å². The summed E-state index contributed by atoms with van der Waals surface area (Å²) in [7, 11) is 0. The Labute approximate surface area is 94.7 Å². The van der Waals surface area contributed by atoms with E-state index in [1.807, 2.05) is 6.92 Å². The number of nitrogens with one attached hydrogen (secondary N) is 2. The van der Waals surface area contributed by atoms with E-state index in [0.29, 0.717) is 6.54 Å². The fourth-order valence-electron chi connectivity index (χ4n) is 1.04. The van der Waals surface area contributed by atoms with Crippen LogP contribution < -0.4 is 10.6 Å². The summed E-state index contributed by atoms with van der Waals surface area (Å²) < 4.78 is 27.9. The zero-order valence-electron chi connectivity index (χ0n) is 9.60. The Morgan fingerprint density at radius 2 is 2.12 bits per heavy atom. The summed E-state index contributed by atoms with van der Waals surface area (Å²) in [6.45, 7) is 3.82. The Balaban J connectivity index is 3.18. The van der Waals surface area contributed by atoms with Gasteiger partial charge in [0.05, 0.1) is 6.61 Å². The third-order valence-electron chi connectivity index (χ3n) is 1.82. The minimum Gasteiger partial charge on any atom is -0.375 e. The molecule has 6 heteroatoms. The van der Waals surface area contributed by atoms with Crippen LogP contribution in [0.2, 0.25) is 0 Å². The monoisotopic (exact) mass is 238 g/mol. The number of ether oxygens (including phenoxy) is 1. The van der Waals surface area contributed by atoms with Gasteiger partial charge < -0.3 is 15.4 Å². The molecule has 0 spiro atoms. The van der Waals surface area contributed by atoms with E-state index >= 15 is 0 Å². The van der Waals surface area contributed by atoms with Gasteiger partial charge in [-0.1, -0.05) is 6.92 Å². The van der Waals surface area contributed by atoms with Crippen molar-refractivity contribution < 1.29 is 18.3 Å². The highest BCUT2D eigenvalue weighted by Crippen LogP contribution is 1.93. The van der Waals surface area contributed by atoms with Gasteiger partial charge in [0.2, 0.25) is 5.91 Å². The maximum absolute atomic E-state index is 11.6. The van der Waals surface area contributed by atoms with Crippen molar-refractivity contribution in [3.05, 3.63) is 0 Å². The number of carbonyl (C=O) groups excluding carboxylic acids is 1. The number of amides is 1. The molecule has 0 aromatic carbocycles. The standard InChI is InChI=1S/C10H20F2N2O2/c1-2-13-5-3-6-14-10(15)4-7-16-8-9(11)12/h9,13H,2-8H2,1H3,(H,14,15). The molecular weight excluding hydrogens is 218 g/mol. The molecule has 2 N–H and O–H groups in total. The molecule has 0 fully saturated rings. The first-order chi connectivity index (χ1) is 7.66. The molecule has 4 nitrogen and oxygen atoms in total. The molecule has 0 radical (unpaired) electrons. The molecule has 0 bridgehead atoms. The van der Waals surface area contributed by atoms with Gasteiger partial charge in [-0.2, -0.15) is 0 Å². The van der Waals surface area contributed by atoms with Gasteiger partial charge in [0.25, 0.3) is 6.43 Å². The molecular formula is C10H20F2N2O2. The van der Waals surface area contributed by atoms with Gasteiger partial charge in [-0.15, -0.1) is 0 Å². The van der Waals surface area contributed by atoms with Crippen molar-refractivity contribution in [3.8, 4) is 0 Å². The van der Waals surface area contributed by atoms with Crippen LogP contribution in [0.1, 0.15) is 19.8 Å². The average molecular weight is 238 g/mol. The smallest absolute Gasteiger partial charge is 0.261 e. The summed E-state index contributed by atoms with van der Waals surface area (Å²) in [6, 6.07) is 0. The maximum Gasteiger partial charge on any atom is 0.261 e. The van der Waals surface area contributed by atoms with Crippen LogP contribution in [0.15, 0.2) is 0 Å². The molecule has 1 amide bonds. The van der Waals surface area contributed by atoms with Crippen LogP contribution in [0.25, 0.3) is 0 Å². The van der Waals surface area contributed by atoms with E-state index in [4.69, 9.17) is 0 Å². The summed E-state index contributed by atoms with van der Waals surface area (Å²) in [5.41, 5.74) is 0. The van der Waals surface area contributed by atoms with E-state index in [-0.39, 0.29) is 18.9 Å². The van der Waals surface area contributed by atoms with E-state index in [0.717, 1.165) is 19.5 Å². The van der Waals surface area contributed by atoms with Crippen molar-refractivity contribution in [2.75, 3.05) is 32.8 Å². The second-order valence-electron chi connectivity index (χ2n) is 3.27. The Bertz CT molecular complexity index is 180. The van der Waals surface area contributed by atoms with Crippen LogP contribution in [-0.4, -0.2) is 45.2 Å². The van der Waals surface area contributed by atoms with Gasteiger partial charge in [-0.3, -0.25) is 4.79 Å². The van der Waals surface area contributed by atoms with Gasteiger partial charge in [0.15, 0.2) is 0 Å². The molecule has 16 heavy (non-hydrogen) atoms. The van der Waals surface area contributed by atoms with E-state index in [9.17, 15) is 13.6 Å². The Morgan fingerprint density at radius 3 is 2.75 bits per heavy atom. The minimum absolute atomic E-state index is 0.0450.